The third kappa shape index (κ3) is 1.76. The molecule has 0 radical (unpaired) electrons. The maximum absolute atomic E-state index is 12.5. The number of rotatable bonds is 2. The maximum atomic E-state index is 12.5. The first-order valence-electron chi connectivity index (χ1n) is 7.53. The zero-order valence-electron chi connectivity index (χ0n) is 11.6. The maximum Gasteiger partial charge on any atom is 0.312 e. The van der Waals surface area contributed by atoms with Crippen LogP contribution >= 0.6 is 0 Å². The predicted octanol–water partition coefficient (Wildman–Crippen LogP) is 1.91. The van der Waals surface area contributed by atoms with Crippen LogP contribution in [0.2, 0.25) is 0 Å². The summed E-state index contributed by atoms with van der Waals surface area (Å²) in [5, 5.41) is 0. The Morgan fingerprint density at radius 2 is 1.89 bits per heavy atom. The van der Waals surface area contributed by atoms with Crippen LogP contribution in [0.5, 0.6) is 0 Å². The second-order valence-electron chi connectivity index (χ2n) is 6.87. The zero-order valence-corrected chi connectivity index (χ0v) is 11.6. The van der Waals surface area contributed by atoms with E-state index >= 15 is 0 Å². The number of methoxy groups -OCH3 is 1. The van der Waals surface area contributed by atoms with Crippen LogP contribution in [-0.4, -0.2) is 37.5 Å². The highest BCUT2D eigenvalue weighted by Crippen LogP contribution is 2.57. The average Bonchev–Trinajstić information content (AvgIpc) is 3.29. The van der Waals surface area contributed by atoms with Crippen LogP contribution in [0.25, 0.3) is 0 Å². The molecule has 0 N–H and O–H groups in total. The van der Waals surface area contributed by atoms with Crippen molar-refractivity contribution in [1.82, 2.24) is 0 Å². The summed E-state index contributed by atoms with van der Waals surface area (Å²) in [4.78, 5) is 12.5. The molecular weight excluding hydrogens is 244 g/mol. The Kier molecular flexibility index (Phi) is 2.53. The van der Waals surface area contributed by atoms with Gasteiger partial charge in [0.2, 0.25) is 0 Å². The molecular formula is C15H22O4. The molecule has 19 heavy (non-hydrogen) atoms. The lowest BCUT2D eigenvalue weighted by Gasteiger charge is -2.43. The van der Waals surface area contributed by atoms with Gasteiger partial charge in [-0.05, 0) is 43.9 Å². The van der Waals surface area contributed by atoms with E-state index in [1.54, 1.807) is 0 Å². The Balaban J connectivity index is 1.63. The highest BCUT2D eigenvalue weighted by molar-refractivity contribution is 5.77. The Labute approximate surface area is 113 Å². The number of fused-ring (bicyclic) bond motifs is 2. The van der Waals surface area contributed by atoms with Gasteiger partial charge in [-0.1, -0.05) is 6.92 Å². The minimum Gasteiger partial charge on any atom is -0.469 e. The second kappa shape index (κ2) is 3.95. The van der Waals surface area contributed by atoms with Gasteiger partial charge in [0.05, 0.1) is 36.9 Å². The van der Waals surface area contributed by atoms with Gasteiger partial charge in [-0.2, -0.15) is 0 Å². The van der Waals surface area contributed by atoms with Gasteiger partial charge < -0.3 is 14.2 Å². The monoisotopic (exact) mass is 266 g/mol. The van der Waals surface area contributed by atoms with Crippen LogP contribution < -0.4 is 0 Å². The van der Waals surface area contributed by atoms with Crippen LogP contribution in [-0.2, 0) is 19.0 Å². The summed E-state index contributed by atoms with van der Waals surface area (Å²) < 4.78 is 16.5. The van der Waals surface area contributed by atoms with Crippen molar-refractivity contribution in [3.05, 3.63) is 0 Å². The molecule has 0 amide bonds. The molecule has 0 aromatic carbocycles. The molecule has 0 bridgehead atoms. The zero-order chi connectivity index (χ0) is 13.2. The van der Waals surface area contributed by atoms with Gasteiger partial charge >= 0.3 is 5.97 Å². The molecule has 2 heterocycles. The van der Waals surface area contributed by atoms with Gasteiger partial charge in [0.1, 0.15) is 0 Å². The van der Waals surface area contributed by atoms with Crippen LogP contribution in [0.4, 0.5) is 0 Å². The van der Waals surface area contributed by atoms with Crippen molar-refractivity contribution < 1.29 is 19.0 Å². The summed E-state index contributed by atoms with van der Waals surface area (Å²) in [6.45, 7) is 2.27. The minimum atomic E-state index is -0.317. The standard InChI is InChI=1S/C15H22O4/c1-8-5-11-12(19-11)6-9(8)15(14(16)17-2)4-3-10-13(7-15)18-10/h8-13H,3-7H2,1-2H3. The largest absolute Gasteiger partial charge is 0.469 e. The third-order valence-electron chi connectivity index (χ3n) is 5.89. The fourth-order valence-electron chi connectivity index (χ4n) is 4.73. The lowest BCUT2D eigenvalue weighted by atomic mass is 9.58. The van der Waals surface area contributed by atoms with Gasteiger partial charge in [0.15, 0.2) is 0 Å². The van der Waals surface area contributed by atoms with E-state index < -0.39 is 0 Å². The van der Waals surface area contributed by atoms with Crippen molar-refractivity contribution in [2.24, 2.45) is 17.3 Å². The van der Waals surface area contributed by atoms with E-state index in [1.165, 1.54) is 7.11 Å². The van der Waals surface area contributed by atoms with Crippen LogP contribution in [0.1, 0.15) is 39.0 Å². The molecule has 2 saturated heterocycles. The minimum absolute atomic E-state index is 0.0163. The molecule has 7 unspecified atom stereocenters. The summed E-state index contributed by atoms with van der Waals surface area (Å²) in [6, 6.07) is 0. The van der Waals surface area contributed by atoms with Gasteiger partial charge in [0, 0.05) is 0 Å². The van der Waals surface area contributed by atoms with E-state index in [0.29, 0.717) is 36.3 Å². The summed E-state index contributed by atoms with van der Waals surface area (Å²) in [7, 11) is 1.52. The van der Waals surface area contributed by atoms with Gasteiger partial charge in [0.25, 0.3) is 0 Å². The summed E-state index contributed by atoms with van der Waals surface area (Å²) >= 11 is 0. The molecule has 4 nitrogen and oxygen atoms in total. The molecule has 2 aliphatic carbocycles. The Hall–Kier alpha value is -0.610. The Morgan fingerprint density at radius 3 is 2.63 bits per heavy atom. The number of carbonyl (C=O) groups is 1. The molecule has 0 aromatic heterocycles. The smallest absolute Gasteiger partial charge is 0.312 e. The van der Waals surface area contributed by atoms with Gasteiger partial charge in [-0.25, -0.2) is 0 Å². The molecule has 4 fully saturated rings. The number of esters is 1. The van der Waals surface area contributed by atoms with Gasteiger partial charge in [-0.3, -0.25) is 4.79 Å². The number of carbonyl (C=O) groups excluding carboxylic acids is 1. The van der Waals surface area contributed by atoms with Crippen LogP contribution in [0.3, 0.4) is 0 Å². The normalized spacial score (nSPS) is 54.8. The highest BCUT2D eigenvalue weighted by Gasteiger charge is 2.61. The van der Waals surface area contributed by atoms with E-state index in [-0.39, 0.29) is 11.4 Å². The fraction of sp³-hybridized carbons (Fsp3) is 0.933. The lowest BCUT2D eigenvalue weighted by molar-refractivity contribution is -0.161. The molecule has 7 atom stereocenters. The first kappa shape index (κ1) is 12.2. The SMILES string of the molecule is COC(=O)C1(C2CC3OC3CC2C)CCC2OC2C1. The summed E-state index contributed by atoms with van der Waals surface area (Å²) in [5.41, 5.74) is -0.317. The molecule has 2 saturated carbocycles. The molecule has 106 valence electrons. The first-order chi connectivity index (χ1) is 9.14. The fourth-order valence-corrected chi connectivity index (χ4v) is 4.73. The van der Waals surface area contributed by atoms with E-state index in [9.17, 15) is 4.79 Å². The lowest BCUT2D eigenvalue weighted by Crippen LogP contribution is -2.47. The first-order valence-corrected chi connectivity index (χ1v) is 7.53. The summed E-state index contributed by atoms with van der Waals surface area (Å²) in [6.07, 6.45) is 6.51. The second-order valence-corrected chi connectivity index (χ2v) is 6.87. The topological polar surface area (TPSA) is 51.4 Å². The Bertz CT molecular complexity index is 409. The van der Waals surface area contributed by atoms with Crippen molar-refractivity contribution in [3.63, 3.8) is 0 Å². The van der Waals surface area contributed by atoms with E-state index in [1.807, 2.05) is 0 Å². The summed E-state index contributed by atoms with van der Waals surface area (Å²) in [5.74, 6) is 0.921. The van der Waals surface area contributed by atoms with Crippen molar-refractivity contribution in [1.29, 1.82) is 0 Å². The van der Waals surface area contributed by atoms with Crippen LogP contribution in [0, 0.1) is 17.3 Å². The molecule has 2 aliphatic heterocycles. The van der Waals surface area contributed by atoms with E-state index in [4.69, 9.17) is 14.2 Å². The number of ether oxygens (including phenoxy) is 3. The van der Waals surface area contributed by atoms with Crippen molar-refractivity contribution in [2.45, 2.75) is 63.4 Å². The number of hydrogen-bond acceptors (Lipinski definition) is 4. The number of hydrogen-bond donors (Lipinski definition) is 0. The van der Waals surface area contributed by atoms with Crippen LogP contribution in [0.15, 0.2) is 0 Å². The molecule has 4 heteroatoms. The van der Waals surface area contributed by atoms with Gasteiger partial charge in [-0.15, -0.1) is 0 Å². The van der Waals surface area contributed by atoms with Crippen molar-refractivity contribution in [3.8, 4) is 0 Å². The highest BCUT2D eigenvalue weighted by atomic mass is 16.6. The third-order valence-corrected chi connectivity index (χ3v) is 5.89. The van der Waals surface area contributed by atoms with Crippen molar-refractivity contribution in [2.75, 3.05) is 7.11 Å². The Morgan fingerprint density at radius 1 is 1.16 bits per heavy atom. The average molecular weight is 266 g/mol. The predicted molar refractivity (Wildman–Crippen MR) is 67.5 cm³/mol. The quantitative estimate of drug-likeness (QED) is 0.566. The van der Waals surface area contributed by atoms with Crippen molar-refractivity contribution >= 4 is 5.97 Å². The van der Waals surface area contributed by atoms with E-state index in [2.05, 4.69) is 6.92 Å². The molecule has 0 spiro atoms. The number of epoxide rings is 2. The molecule has 4 aliphatic rings. The van der Waals surface area contributed by atoms with E-state index in [0.717, 1.165) is 32.1 Å². The molecule has 4 rings (SSSR count). The molecule has 0 aromatic rings.